The van der Waals surface area contributed by atoms with Crippen LogP contribution in [0.1, 0.15) is 24.0 Å². The molecule has 1 N–H and O–H groups in total. The van der Waals surface area contributed by atoms with Crippen LogP contribution in [0.5, 0.6) is 5.75 Å². The molecule has 2 heterocycles. The minimum absolute atomic E-state index is 0.108. The normalized spacial score (nSPS) is 17.2. The number of ether oxygens (including phenoxy) is 1. The predicted octanol–water partition coefficient (Wildman–Crippen LogP) is 3.94. The molecule has 2 fully saturated rings. The van der Waals surface area contributed by atoms with Gasteiger partial charge in [-0.1, -0.05) is 36.4 Å². The molecule has 164 valence electrons. The number of aryl methyl sites for hydroxylation is 1. The maximum atomic E-state index is 12.9. The van der Waals surface area contributed by atoms with Crippen molar-refractivity contribution in [3.05, 3.63) is 59.7 Å². The molecule has 0 unspecified atom stereocenters. The molecule has 0 spiro atoms. The molecule has 2 aliphatic rings. The number of anilines is 1. The van der Waals surface area contributed by atoms with E-state index in [4.69, 9.17) is 4.74 Å². The minimum atomic E-state index is -0.124. The third-order valence-electron chi connectivity index (χ3n) is 6.13. The van der Waals surface area contributed by atoms with Crippen molar-refractivity contribution < 1.29 is 14.3 Å². The second-order valence-electron chi connectivity index (χ2n) is 8.24. The summed E-state index contributed by atoms with van der Waals surface area (Å²) in [6.45, 7) is 5.40. The topological polar surface area (TPSA) is 65.1 Å². The van der Waals surface area contributed by atoms with Crippen molar-refractivity contribution in [2.45, 2.75) is 32.4 Å². The van der Waals surface area contributed by atoms with Crippen LogP contribution in [-0.4, -0.2) is 66.1 Å². The molecule has 4 amide bonds. The van der Waals surface area contributed by atoms with Gasteiger partial charge in [-0.05, 0) is 43.0 Å². The Kier molecular flexibility index (Phi) is 6.30. The van der Waals surface area contributed by atoms with Gasteiger partial charge in [-0.15, -0.1) is 0 Å². The molecule has 0 bridgehead atoms. The van der Waals surface area contributed by atoms with E-state index in [0.717, 1.165) is 37.1 Å². The van der Waals surface area contributed by atoms with Crippen LogP contribution in [0.2, 0.25) is 0 Å². The Hall–Kier alpha value is -3.22. The fourth-order valence-electron chi connectivity index (χ4n) is 4.39. The van der Waals surface area contributed by atoms with Crippen LogP contribution in [0.4, 0.5) is 15.3 Å². The number of urea groups is 2. The van der Waals surface area contributed by atoms with Crippen LogP contribution in [-0.2, 0) is 6.54 Å². The van der Waals surface area contributed by atoms with Gasteiger partial charge in [0, 0.05) is 38.8 Å². The first kappa shape index (κ1) is 21.0. The number of methoxy groups -OCH3 is 1. The molecule has 2 aromatic rings. The molecule has 4 rings (SSSR count). The van der Waals surface area contributed by atoms with E-state index in [-0.39, 0.29) is 18.1 Å². The Morgan fingerprint density at radius 1 is 1.06 bits per heavy atom. The van der Waals surface area contributed by atoms with E-state index in [1.165, 1.54) is 0 Å². The standard InChI is InChI=1S/C24H30N4O3/c1-18-8-9-22(31-2)21(16-18)25-23(29)26-12-10-20(11-13-26)28-15-14-27(24(28)30)17-19-6-4-3-5-7-19/h3-9,16,20H,10-15,17H2,1-2H3,(H,25,29). The first-order chi connectivity index (χ1) is 15.0. The molecule has 0 saturated carbocycles. The molecule has 0 aliphatic carbocycles. The van der Waals surface area contributed by atoms with E-state index in [0.29, 0.717) is 31.1 Å². The molecule has 31 heavy (non-hydrogen) atoms. The average Bonchev–Trinajstić information content (AvgIpc) is 3.15. The lowest BCUT2D eigenvalue weighted by molar-refractivity contribution is 0.139. The molecule has 2 aliphatic heterocycles. The zero-order chi connectivity index (χ0) is 21.8. The number of benzene rings is 2. The first-order valence-corrected chi connectivity index (χ1v) is 10.8. The second kappa shape index (κ2) is 9.29. The van der Waals surface area contributed by atoms with Gasteiger partial charge in [-0.25, -0.2) is 9.59 Å². The number of nitrogens with zero attached hydrogens (tertiary/aromatic N) is 3. The van der Waals surface area contributed by atoms with Gasteiger partial charge < -0.3 is 24.8 Å². The minimum Gasteiger partial charge on any atom is -0.495 e. The van der Waals surface area contributed by atoms with Crippen molar-refractivity contribution in [3.63, 3.8) is 0 Å². The van der Waals surface area contributed by atoms with Crippen LogP contribution < -0.4 is 10.1 Å². The number of carbonyl (C=O) groups excluding carboxylic acids is 2. The van der Waals surface area contributed by atoms with Crippen molar-refractivity contribution >= 4 is 17.7 Å². The van der Waals surface area contributed by atoms with Gasteiger partial charge in [-0.2, -0.15) is 0 Å². The first-order valence-electron chi connectivity index (χ1n) is 10.8. The maximum Gasteiger partial charge on any atom is 0.321 e. The molecular formula is C24H30N4O3. The third kappa shape index (κ3) is 4.76. The monoisotopic (exact) mass is 422 g/mol. The summed E-state index contributed by atoms with van der Waals surface area (Å²) in [5, 5.41) is 2.97. The van der Waals surface area contributed by atoms with Crippen molar-refractivity contribution in [2.24, 2.45) is 0 Å². The SMILES string of the molecule is COc1ccc(C)cc1NC(=O)N1CCC(N2CCN(Cc3ccccc3)C2=O)CC1. The van der Waals surface area contributed by atoms with Crippen LogP contribution in [0.3, 0.4) is 0 Å². The highest BCUT2D eigenvalue weighted by Crippen LogP contribution is 2.27. The summed E-state index contributed by atoms with van der Waals surface area (Å²) in [7, 11) is 1.60. The van der Waals surface area contributed by atoms with Crippen molar-refractivity contribution in [1.29, 1.82) is 0 Å². The van der Waals surface area contributed by atoms with Gasteiger partial charge in [0.25, 0.3) is 0 Å². The van der Waals surface area contributed by atoms with E-state index >= 15 is 0 Å². The largest absolute Gasteiger partial charge is 0.495 e. The van der Waals surface area contributed by atoms with E-state index < -0.39 is 0 Å². The average molecular weight is 423 g/mol. The summed E-state index contributed by atoms with van der Waals surface area (Å²) in [6, 6.07) is 16.0. The Morgan fingerprint density at radius 3 is 2.52 bits per heavy atom. The zero-order valence-corrected chi connectivity index (χ0v) is 18.2. The maximum absolute atomic E-state index is 12.9. The predicted molar refractivity (Wildman–Crippen MR) is 120 cm³/mol. The Balaban J connectivity index is 1.30. The second-order valence-corrected chi connectivity index (χ2v) is 8.24. The molecule has 0 radical (unpaired) electrons. The lowest BCUT2D eigenvalue weighted by atomic mass is 10.0. The smallest absolute Gasteiger partial charge is 0.321 e. The van der Waals surface area contributed by atoms with Gasteiger partial charge in [0.05, 0.1) is 12.8 Å². The number of likely N-dealkylation sites (tertiary alicyclic amines) is 1. The highest BCUT2D eigenvalue weighted by molar-refractivity contribution is 5.91. The summed E-state index contributed by atoms with van der Waals surface area (Å²) >= 11 is 0. The lowest BCUT2D eigenvalue weighted by Gasteiger charge is -2.36. The fraction of sp³-hybridized carbons (Fsp3) is 0.417. The van der Waals surface area contributed by atoms with Gasteiger partial charge in [0.1, 0.15) is 5.75 Å². The van der Waals surface area contributed by atoms with Crippen LogP contribution in [0.25, 0.3) is 0 Å². The van der Waals surface area contributed by atoms with E-state index in [9.17, 15) is 9.59 Å². The zero-order valence-electron chi connectivity index (χ0n) is 18.2. The molecule has 2 aromatic carbocycles. The highest BCUT2D eigenvalue weighted by atomic mass is 16.5. The number of piperidine rings is 1. The summed E-state index contributed by atoms with van der Waals surface area (Å²) < 4.78 is 5.36. The lowest BCUT2D eigenvalue weighted by Crippen LogP contribution is -2.49. The number of nitrogens with one attached hydrogen (secondary N) is 1. The summed E-state index contributed by atoms with van der Waals surface area (Å²) in [4.78, 5) is 31.4. The van der Waals surface area contributed by atoms with E-state index in [1.54, 1.807) is 7.11 Å². The molecule has 7 heteroatoms. The number of hydrogen-bond donors (Lipinski definition) is 1. The summed E-state index contributed by atoms with van der Waals surface area (Å²) in [6.07, 6.45) is 1.59. The molecule has 0 atom stereocenters. The van der Waals surface area contributed by atoms with E-state index in [1.807, 2.05) is 58.0 Å². The molecule has 0 aromatic heterocycles. The summed E-state index contributed by atoms with van der Waals surface area (Å²) in [5.41, 5.74) is 2.89. The van der Waals surface area contributed by atoms with Crippen LogP contribution in [0.15, 0.2) is 48.5 Å². The van der Waals surface area contributed by atoms with Gasteiger partial charge >= 0.3 is 12.1 Å². The van der Waals surface area contributed by atoms with E-state index in [2.05, 4.69) is 17.4 Å². The van der Waals surface area contributed by atoms with Gasteiger partial charge in [0.2, 0.25) is 0 Å². The molecule has 7 nitrogen and oxygen atoms in total. The Morgan fingerprint density at radius 2 is 1.81 bits per heavy atom. The molecule has 2 saturated heterocycles. The number of rotatable bonds is 5. The summed E-state index contributed by atoms with van der Waals surface area (Å²) in [5.74, 6) is 0.648. The van der Waals surface area contributed by atoms with Gasteiger partial charge in [0.15, 0.2) is 0 Å². The third-order valence-corrected chi connectivity index (χ3v) is 6.13. The van der Waals surface area contributed by atoms with Crippen LogP contribution >= 0.6 is 0 Å². The highest BCUT2D eigenvalue weighted by Gasteiger charge is 2.36. The Labute approximate surface area is 183 Å². The number of amides is 4. The van der Waals surface area contributed by atoms with Crippen molar-refractivity contribution in [3.8, 4) is 5.75 Å². The van der Waals surface area contributed by atoms with Crippen molar-refractivity contribution in [2.75, 3.05) is 38.6 Å². The number of carbonyl (C=O) groups is 2. The Bertz CT molecular complexity index is 926. The molecular weight excluding hydrogens is 392 g/mol. The quantitative estimate of drug-likeness (QED) is 0.794. The van der Waals surface area contributed by atoms with Gasteiger partial charge in [-0.3, -0.25) is 0 Å². The van der Waals surface area contributed by atoms with Crippen molar-refractivity contribution in [1.82, 2.24) is 14.7 Å². The fourth-order valence-corrected chi connectivity index (χ4v) is 4.39. The van der Waals surface area contributed by atoms with Crippen LogP contribution in [0, 0.1) is 6.92 Å². The number of hydrogen-bond acceptors (Lipinski definition) is 3.